The highest BCUT2D eigenvalue weighted by atomic mass is 32.2. The Labute approximate surface area is 125 Å². The summed E-state index contributed by atoms with van der Waals surface area (Å²) in [6.07, 6.45) is 3.20. The fourth-order valence-electron chi connectivity index (χ4n) is 1.95. The number of halogens is 1. The molecule has 0 radical (unpaired) electrons. The molecule has 2 rings (SSSR count). The van der Waals surface area contributed by atoms with Crippen molar-refractivity contribution in [1.82, 2.24) is 9.62 Å². The summed E-state index contributed by atoms with van der Waals surface area (Å²) in [4.78, 5) is 0. The van der Waals surface area contributed by atoms with Gasteiger partial charge in [0.15, 0.2) is 0 Å². The minimum atomic E-state index is -3.59. The molecule has 0 heterocycles. The molecule has 1 aromatic rings. The van der Waals surface area contributed by atoms with Gasteiger partial charge in [-0.05, 0) is 56.5 Å². The lowest BCUT2D eigenvalue weighted by Gasteiger charge is -2.18. The smallest absolute Gasteiger partial charge is 0.301 e. The van der Waals surface area contributed by atoms with Gasteiger partial charge >= 0.3 is 10.2 Å². The Morgan fingerprint density at radius 3 is 2.71 bits per heavy atom. The molecule has 1 fully saturated rings. The van der Waals surface area contributed by atoms with Crippen LogP contribution >= 0.6 is 0 Å². The average Bonchev–Trinajstić information content (AvgIpc) is 3.22. The van der Waals surface area contributed by atoms with Crippen LogP contribution in [0.5, 0.6) is 0 Å². The van der Waals surface area contributed by atoms with Crippen LogP contribution < -0.4 is 10.0 Å². The third-order valence-corrected chi connectivity index (χ3v) is 4.97. The fourth-order valence-corrected chi connectivity index (χ4v) is 2.90. The van der Waals surface area contributed by atoms with E-state index in [1.165, 1.54) is 42.4 Å². The summed E-state index contributed by atoms with van der Waals surface area (Å²) in [5, 5.41) is 3.34. The Bertz CT molecular complexity index is 588. The molecule has 1 saturated carbocycles. The Kier molecular flexibility index (Phi) is 5.18. The van der Waals surface area contributed by atoms with Crippen LogP contribution in [0.1, 0.15) is 24.8 Å². The number of nitrogens with zero attached hydrogens (tertiary/aromatic N) is 1. The quantitative estimate of drug-likeness (QED) is 0.720. The van der Waals surface area contributed by atoms with E-state index in [-0.39, 0.29) is 5.82 Å². The lowest BCUT2D eigenvalue weighted by molar-refractivity contribution is 0.458. The standard InChI is InChI=1S/C14H22FN3O2S/c1-11-10-13(6-7-14(11)15)17-21(19,20)18(2)9-3-8-16-12-4-5-12/h6-7,10,12,16-17H,3-5,8-9H2,1-2H3. The monoisotopic (exact) mass is 315 g/mol. The third-order valence-electron chi connectivity index (χ3n) is 3.48. The van der Waals surface area contributed by atoms with Gasteiger partial charge in [0.25, 0.3) is 0 Å². The van der Waals surface area contributed by atoms with E-state index in [0.29, 0.717) is 23.8 Å². The zero-order valence-electron chi connectivity index (χ0n) is 12.4. The normalized spacial score (nSPS) is 15.4. The molecule has 1 aromatic carbocycles. The second-order valence-electron chi connectivity index (χ2n) is 5.47. The van der Waals surface area contributed by atoms with Gasteiger partial charge in [0.1, 0.15) is 5.82 Å². The average molecular weight is 315 g/mol. The number of hydrogen-bond donors (Lipinski definition) is 2. The molecule has 0 bridgehead atoms. The van der Waals surface area contributed by atoms with Crippen LogP contribution in [-0.2, 0) is 10.2 Å². The molecule has 0 atom stereocenters. The van der Waals surface area contributed by atoms with Gasteiger partial charge in [-0.3, -0.25) is 4.72 Å². The van der Waals surface area contributed by atoms with E-state index in [1.54, 1.807) is 6.92 Å². The zero-order chi connectivity index (χ0) is 15.5. The molecule has 0 unspecified atom stereocenters. The first-order valence-corrected chi connectivity index (χ1v) is 8.56. The summed E-state index contributed by atoms with van der Waals surface area (Å²) in [5.41, 5.74) is 0.781. The van der Waals surface area contributed by atoms with Gasteiger partial charge in [0, 0.05) is 19.6 Å². The molecule has 7 heteroatoms. The Morgan fingerprint density at radius 2 is 2.10 bits per heavy atom. The van der Waals surface area contributed by atoms with E-state index >= 15 is 0 Å². The summed E-state index contributed by atoms with van der Waals surface area (Å²) < 4.78 is 41.2. The minimum absolute atomic E-state index is 0.350. The topological polar surface area (TPSA) is 61.4 Å². The molecule has 1 aliphatic rings. The van der Waals surface area contributed by atoms with Gasteiger partial charge in [-0.25, -0.2) is 4.39 Å². The lowest BCUT2D eigenvalue weighted by Crippen LogP contribution is -2.34. The van der Waals surface area contributed by atoms with Gasteiger partial charge in [0.2, 0.25) is 0 Å². The van der Waals surface area contributed by atoms with E-state index in [4.69, 9.17) is 0 Å². The number of anilines is 1. The predicted molar refractivity (Wildman–Crippen MR) is 82.0 cm³/mol. The first-order chi connectivity index (χ1) is 9.88. The molecule has 5 nitrogen and oxygen atoms in total. The van der Waals surface area contributed by atoms with E-state index < -0.39 is 10.2 Å². The highest BCUT2D eigenvalue weighted by molar-refractivity contribution is 7.90. The minimum Gasteiger partial charge on any atom is -0.314 e. The molecular formula is C14H22FN3O2S. The Morgan fingerprint density at radius 1 is 1.38 bits per heavy atom. The summed E-state index contributed by atoms with van der Waals surface area (Å²) in [6, 6.07) is 4.79. The summed E-state index contributed by atoms with van der Waals surface area (Å²) in [6.45, 7) is 2.86. The van der Waals surface area contributed by atoms with Crippen molar-refractivity contribution in [1.29, 1.82) is 0 Å². The van der Waals surface area contributed by atoms with Crippen molar-refractivity contribution in [2.75, 3.05) is 24.9 Å². The van der Waals surface area contributed by atoms with E-state index in [0.717, 1.165) is 13.0 Å². The molecule has 1 aliphatic carbocycles. The van der Waals surface area contributed by atoms with E-state index in [2.05, 4.69) is 10.0 Å². The molecule has 0 saturated heterocycles. The van der Waals surface area contributed by atoms with Crippen LogP contribution in [0.25, 0.3) is 0 Å². The maximum Gasteiger partial charge on any atom is 0.301 e. The Balaban J connectivity index is 1.85. The van der Waals surface area contributed by atoms with Gasteiger partial charge in [-0.15, -0.1) is 0 Å². The van der Waals surface area contributed by atoms with Crippen molar-refractivity contribution in [2.24, 2.45) is 0 Å². The number of rotatable bonds is 8. The van der Waals surface area contributed by atoms with Crippen molar-refractivity contribution in [2.45, 2.75) is 32.2 Å². The molecule has 21 heavy (non-hydrogen) atoms. The predicted octanol–water partition coefficient (Wildman–Crippen LogP) is 1.86. The van der Waals surface area contributed by atoms with Gasteiger partial charge in [-0.1, -0.05) is 0 Å². The maximum absolute atomic E-state index is 13.2. The van der Waals surface area contributed by atoms with Gasteiger partial charge in [0.05, 0.1) is 5.69 Å². The van der Waals surface area contributed by atoms with E-state index in [9.17, 15) is 12.8 Å². The maximum atomic E-state index is 13.2. The Hall–Kier alpha value is -1.18. The number of nitrogens with one attached hydrogen (secondary N) is 2. The molecule has 0 spiro atoms. The van der Waals surface area contributed by atoms with Crippen LogP contribution in [0, 0.1) is 12.7 Å². The molecule has 2 N–H and O–H groups in total. The molecule has 118 valence electrons. The molecule has 0 aliphatic heterocycles. The van der Waals surface area contributed by atoms with Crippen molar-refractivity contribution < 1.29 is 12.8 Å². The fraction of sp³-hybridized carbons (Fsp3) is 0.571. The molecular weight excluding hydrogens is 293 g/mol. The van der Waals surface area contributed by atoms with Crippen LogP contribution in [0.15, 0.2) is 18.2 Å². The summed E-state index contributed by atoms with van der Waals surface area (Å²) >= 11 is 0. The largest absolute Gasteiger partial charge is 0.314 e. The number of benzene rings is 1. The van der Waals surface area contributed by atoms with Crippen molar-refractivity contribution >= 4 is 15.9 Å². The molecule has 0 amide bonds. The van der Waals surface area contributed by atoms with Crippen LogP contribution in [-0.4, -0.2) is 38.9 Å². The summed E-state index contributed by atoms with van der Waals surface area (Å²) in [7, 11) is -2.06. The van der Waals surface area contributed by atoms with Crippen molar-refractivity contribution in [3.8, 4) is 0 Å². The third kappa shape index (κ3) is 4.94. The van der Waals surface area contributed by atoms with E-state index in [1.807, 2.05) is 0 Å². The second kappa shape index (κ2) is 6.72. The molecule has 0 aromatic heterocycles. The van der Waals surface area contributed by atoms with Gasteiger partial charge < -0.3 is 5.32 Å². The zero-order valence-corrected chi connectivity index (χ0v) is 13.2. The van der Waals surface area contributed by atoms with Gasteiger partial charge in [-0.2, -0.15) is 12.7 Å². The van der Waals surface area contributed by atoms with Crippen LogP contribution in [0.4, 0.5) is 10.1 Å². The second-order valence-corrected chi connectivity index (χ2v) is 7.25. The highest BCUT2D eigenvalue weighted by Crippen LogP contribution is 2.18. The van der Waals surface area contributed by atoms with Crippen molar-refractivity contribution in [3.05, 3.63) is 29.6 Å². The van der Waals surface area contributed by atoms with Crippen LogP contribution in [0.3, 0.4) is 0 Å². The highest BCUT2D eigenvalue weighted by Gasteiger charge is 2.21. The SMILES string of the molecule is Cc1cc(NS(=O)(=O)N(C)CCCNC2CC2)ccc1F. The number of aryl methyl sites for hydroxylation is 1. The number of hydrogen-bond acceptors (Lipinski definition) is 3. The summed E-state index contributed by atoms with van der Waals surface area (Å²) in [5.74, 6) is -0.350. The lowest BCUT2D eigenvalue weighted by atomic mass is 10.2. The first kappa shape index (κ1) is 16.2. The van der Waals surface area contributed by atoms with Crippen molar-refractivity contribution in [3.63, 3.8) is 0 Å². The first-order valence-electron chi connectivity index (χ1n) is 7.12. The van der Waals surface area contributed by atoms with Crippen LogP contribution in [0.2, 0.25) is 0 Å².